The van der Waals surface area contributed by atoms with Crippen molar-refractivity contribution in [2.45, 2.75) is 32.2 Å². The molecule has 27 heavy (non-hydrogen) atoms. The van der Waals surface area contributed by atoms with E-state index in [1.54, 1.807) is 24.3 Å². The summed E-state index contributed by atoms with van der Waals surface area (Å²) in [5.41, 5.74) is 1.16. The molecule has 0 bridgehead atoms. The van der Waals surface area contributed by atoms with Gasteiger partial charge in [-0.1, -0.05) is 12.1 Å². The second-order valence-electron chi connectivity index (χ2n) is 7.51. The summed E-state index contributed by atoms with van der Waals surface area (Å²) in [6, 6.07) is 7.02. The maximum atomic E-state index is 13.0. The normalized spacial score (nSPS) is 17.3. The van der Waals surface area contributed by atoms with E-state index < -0.39 is 0 Å². The summed E-state index contributed by atoms with van der Waals surface area (Å²) in [6.45, 7) is 4.79. The number of aromatic nitrogens is 2. The largest absolute Gasteiger partial charge is 0.338 e. The van der Waals surface area contributed by atoms with Crippen LogP contribution in [0.15, 0.2) is 36.7 Å². The second-order valence-corrected chi connectivity index (χ2v) is 7.51. The SMILES string of the molecule is CC(=O)c1cccc(C(=O)N2CCC[C@@H](c3nccn3CCN(C)C)C2)c1. The lowest BCUT2D eigenvalue weighted by atomic mass is 9.96. The van der Waals surface area contributed by atoms with Crippen molar-refractivity contribution in [2.75, 3.05) is 33.7 Å². The van der Waals surface area contributed by atoms with E-state index >= 15 is 0 Å². The number of likely N-dealkylation sites (tertiary alicyclic amines) is 1. The third kappa shape index (κ3) is 4.63. The monoisotopic (exact) mass is 368 g/mol. The zero-order valence-electron chi connectivity index (χ0n) is 16.4. The lowest BCUT2D eigenvalue weighted by Crippen LogP contribution is -2.40. The molecular weight excluding hydrogens is 340 g/mol. The van der Waals surface area contributed by atoms with E-state index in [2.05, 4.69) is 28.5 Å². The average Bonchev–Trinajstić information content (AvgIpc) is 3.14. The summed E-state index contributed by atoms with van der Waals surface area (Å²) >= 11 is 0. The van der Waals surface area contributed by atoms with E-state index in [9.17, 15) is 9.59 Å². The van der Waals surface area contributed by atoms with Crippen LogP contribution in [0, 0.1) is 0 Å². The predicted octanol–water partition coefficient (Wildman–Crippen LogP) is 2.67. The molecule has 1 aromatic heterocycles. The highest BCUT2D eigenvalue weighted by Crippen LogP contribution is 2.27. The predicted molar refractivity (Wildman–Crippen MR) is 105 cm³/mol. The number of carbonyl (C=O) groups excluding carboxylic acids is 2. The third-order valence-electron chi connectivity index (χ3n) is 5.13. The van der Waals surface area contributed by atoms with Crippen molar-refractivity contribution in [1.82, 2.24) is 19.4 Å². The molecule has 1 aliphatic heterocycles. The molecule has 2 aromatic rings. The zero-order valence-corrected chi connectivity index (χ0v) is 16.4. The van der Waals surface area contributed by atoms with E-state index in [0.29, 0.717) is 17.7 Å². The van der Waals surface area contributed by atoms with Gasteiger partial charge in [-0.05, 0) is 46.0 Å². The number of hydrogen-bond acceptors (Lipinski definition) is 4. The topological polar surface area (TPSA) is 58.4 Å². The van der Waals surface area contributed by atoms with Gasteiger partial charge in [-0.15, -0.1) is 0 Å². The van der Waals surface area contributed by atoms with Crippen molar-refractivity contribution in [3.8, 4) is 0 Å². The molecule has 0 N–H and O–H groups in total. The number of carbonyl (C=O) groups is 2. The van der Waals surface area contributed by atoms with Gasteiger partial charge in [-0.25, -0.2) is 4.98 Å². The molecule has 0 spiro atoms. The van der Waals surface area contributed by atoms with Crippen molar-refractivity contribution >= 4 is 11.7 Å². The van der Waals surface area contributed by atoms with Crippen LogP contribution < -0.4 is 0 Å². The number of Topliss-reactive ketones (excluding diaryl/α,β-unsaturated/α-hetero) is 1. The first-order chi connectivity index (χ1) is 13.0. The van der Waals surface area contributed by atoms with Crippen molar-refractivity contribution in [3.05, 3.63) is 53.6 Å². The van der Waals surface area contributed by atoms with E-state index in [1.165, 1.54) is 6.92 Å². The second kappa shape index (κ2) is 8.48. The van der Waals surface area contributed by atoms with Crippen molar-refractivity contribution in [3.63, 3.8) is 0 Å². The molecule has 0 radical (unpaired) electrons. The minimum absolute atomic E-state index is 0.00537. The average molecular weight is 368 g/mol. The molecule has 6 heteroatoms. The van der Waals surface area contributed by atoms with Crippen molar-refractivity contribution < 1.29 is 9.59 Å². The van der Waals surface area contributed by atoms with Gasteiger partial charge in [0.05, 0.1) is 0 Å². The molecular formula is C21H28N4O2. The number of nitrogens with zero attached hydrogens (tertiary/aromatic N) is 4. The standard InChI is InChI=1S/C21H28N4O2/c1-16(26)17-6-4-7-18(14-17)21(27)25-10-5-8-19(15-25)20-22-9-11-24(20)13-12-23(2)3/h4,6-7,9,11,14,19H,5,8,10,12-13,15H2,1-3H3/t19-/m1/s1. The number of rotatable bonds is 6. The fraction of sp³-hybridized carbons (Fsp3) is 0.476. The van der Waals surface area contributed by atoms with Crippen LogP contribution in [0.25, 0.3) is 0 Å². The molecule has 1 fully saturated rings. The van der Waals surface area contributed by atoms with Crippen LogP contribution in [0.2, 0.25) is 0 Å². The Morgan fingerprint density at radius 3 is 2.78 bits per heavy atom. The Morgan fingerprint density at radius 1 is 1.26 bits per heavy atom. The van der Waals surface area contributed by atoms with E-state index in [-0.39, 0.29) is 17.6 Å². The zero-order chi connectivity index (χ0) is 19.4. The van der Waals surface area contributed by atoms with Crippen LogP contribution in [0.4, 0.5) is 0 Å². The first-order valence-corrected chi connectivity index (χ1v) is 9.51. The van der Waals surface area contributed by atoms with Gasteiger partial charge in [-0.2, -0.15) is 0 Å². The molecule has 0 saturated carbocycles. The molecule has 1 atom stereocenters. The maximum Gasteiger partial charge on any atom is 0.253 e. The Balaban J connectivity index is 1.73. The number of hydrogen-bond donors (Lipinski definition) is 0. The fourth-order valence-corrected chi connectivity index (χ4v) is 3.60. The van der Waals surface area contributed by atoms with Gasteiger partial charge in [-0.3, -0.25) is 9.59 Å². The molecule has 144 valence electrons. The molecule has 3 rings (SSSR count). The molecule has 6 nitrogen and oxygen atoms in total. The highest BCUT2D eigenvalue weighted by atomic mass is 16.2. The first kappa shape index (κ1) is 19.3. The summed E-state index contributed by atoms with van der Waals surface area (Å²) in [6.07, 6.45) is 5.87. The van der Waals surface area contributed by atoms with Gasteiger partial charge in [0.2, 0.25) is 0 Å². The van der Waals surface area contributed by atoms with Crippen molar-refractivity contribution in [2.24, 2.45) is 0 Å². The number of likely N-dealkylation sites (N-methyl/N-ethyl adjacent to an activating group) is 1. The van der Waals surface area contributed by atoms with E-state index in [4.69, 9.17) is 0 Å². The maximum absolute atomic E-state index is 13.0. The first-order valence-electron chi connectivity index (χ1n) is 9.51. The summed E-state index contributed by atoms with van der Waals surface area (Å²) in [7, 11) is 4.12. The van der Waals surface area contributed by atoms with Crippen LogP contribution >= 0.6 is 0 Å². The summed E-state index contributed by atoms with van der Waals surface area (Å²) in [5.74, 6) is 1.28. The van der Waals surface area contributed by atoms with Crippen LogP contribution in [-0.4, -0.2) is 64.8 Å². The number of piperidine rings is 1. The summed E-state index contributed by atoms with van der Waals surface area (Å²) < 4.78 is 2.20. The van der Waals surface area contributed by atoms with Crippen LogP contribution in [0.5, 0.6) is 0 Å². The number of ketones is 1. The van der Waals surface area contributed by atoms with Crippen molar-refractivity contribution in [1.29, 1.82) is 0 Å². The van der Waals surface area contributed by atoms with Gasteiger partial charge in [0.1, 0.15) is 5.82 Å². The molecule has 0 unspecified atom stereocenters. The van der Waals surface area contributed by atoms with E-state index in [1.807, 2.05) is 17.3 Å². The quantitative estimate of drug-likeness (QED) is 0.736. The third-order valence-corrected chi connectivity index (χ3v) is 5.13. The number of benzene rings is 1. The minimum Gasteiger partial charge on any atom is -0.338 e. The Kier molecular flexibility index (Phi) is 6.06. The van der Waals surface area contributed by atoms with E-state index in [0.717, 1.165) is 38.3 Å². The molecule has 1 amide bonds. The lowest BCUT2D eigenvalue weighted by Gasteiger charge is -2.33. The van der Waals surface area contributed by atoms with Crippen LogP contribution in [0.1, 0.15) is 52.2 Å². The fourth-order valence-electron chi connectivity index (χ4n) is 3.60. The van der Waals surface area contributed by atoms with Gasteiger partial charge >= 0.3 is 0 Å². The Hall–Kier alpha value is -2.47. The molecule has 1 aliphatic rings. The van der Waals surface area contributed by atoms with Gasteiger partial charge in [0.15, 0.2) is 5.78 Å². The van der Waals surface area contributed by atoms with Gasteiger partial charge < -0.3 is 14.4 Å². The lowest BCUT2D eigenvalue weighted by molar-refractivity contribution is 0.0703. The Morgan fingerprint density at radius 2 is 2.04 bits per heavy atom. The highest BCUT2D eigenvalue weighted by Gasteiger charge is 2.28. The molecule has 2 heterocycles. The number of imidazole rings is 1. The minimum atomic E-state index is -0.0240. The highest BCUT2D eigenvalue weighted by molar-refractivity contribution is 5.99. The molecule has 1 saturated heterocycles. The van der Waals surface area contributed by atoms with Crippen LogP contribution in [-0.2, 0) is 6.54 Å². The smallest absolute Gasteiger partial charge is 0.253 e. The Bertz CT molecular complexity index is 812. The van der Waals surface area contributed by atoms with Crippen LogP contribution in [0.3, 0.4) is 0 Å². The number of amides is 1. The molecule has 1 aromatic carbocycles. The van der Waals surface area contributed by atoms with Gasteiger partial charge in [0.25, 0.3) is 5.91 Å². The summed E-state index contributed by atoms with van der Waals surface area (Å²) in [4.78, 5) is 33.2. The Labute approximate surface area is 160 Å². The van der Waals surface area contributed by atoms with Gasteiger partial charge in [0, 0.05) is 55.6 Å². The summed E-state index contributed by atoms with van der Waals surface area (Å²) in [5, 5.41) is 0. The molecule has 0 aliphatic carbocycles.